The highest BCUT2D eigenvalue weighted by molar-refractivity contribution is 5.48. The minimum absolute atomic E-state index is 0.122. The Hall–Kier alpha value is -1.13. The number of rotatable bonds is 3. The number of anilines is 1. The van der Waals surface area contributed by atoms with Crippen LogP contribution in [0, 0.1) is 5.82 Å². The van der Waals surface area contributed by atoms with E-state index in [1.54, 1.807) is 12.1 Å². The van der Waals surface area contributed by atoms with Crippen molar-refractivity contribution in [3.8, 4) is 0 Å². The first-order valence-electron chi connectivity index (χ1n) is 6.99. The van der Waals surface area contributed by atoms with E-state index >= 15 is 0 Å². The number of benzene rings is 1. The van der Waals surface area contributed by atoms with E-state index in [1.807, 2.05) is 19.2 Å². The second-order valence-corrected chi connectivity index (χ2v) is 5.41. The van der Waals surface area contributed by atoms with Crippen molar-refractivity contribution in [1.82, 2.24) is 10.2 Å². The van der Waals surface area contributed by atoms with E-state index in [0.717, 1.165) is 31.7 Å². The van der Waals surface area contributed by atoms with Gasteiger partial charge in [-0.1, -0.05) is 12.1 Å². The van der Waals surface area contributed by atoms with Gasteiger partial charge in [0.25, 0.3) is 0 Å². The third-order valence-corrected chi connectivity index (χ3v) is 4.15. The number of nitrogens with zero attached hydrogens (tertiary/aromatic N) is 2. The van der Waals surface area contributed by atoms with E-state index in [1.165, 1.54) is 0 Å². The number of hydrogen-bond acceptors (Lipinski definition) is 3. The fourth-order valence-corrected chi connectivity index (χ4v) is 2.75. The molecule has 1 aliphatic heterocycles. The Morgan fingerprint density at radius 2 is 2.11 bits per heavy atom. The first kappa shape index (κ1) is 14.3. The lowest BCUT2D eigenvalue weighted by Gasteiger charge is -2.32. The molecule has 1 heterocycles. The summed E-state index contributed by atoms with van der Waals surface area (Å²) in [5.74, 6) is -0.122. The zero-order chi connectivity index (χ0) is 13.8. The average molecular weight is 265 g/mol. The second-order valence-electron chi connectivity index (χ2n) is 5.41. The summed E-state index contributed by atoms with van der Waals surface area (Å²) >= 11 is 0. The van der Waals surface area contributed by atoms with Gasteiger partial charge in [-0.25, -0.2) is 4.39 Å². The summed E-state index contributed by atoms with van der Waals surface area (Å²) in [5, 5.41) is 3.24. The summed E-state index contributed by atoms with van der Waals surface area (Å²) in [7, 11) is 4.13. The molecule has 2 atom stereocenters. The van der Waals surface area contributed by atoms with E-state index in [9.17, 15) is 4.39 Å². The molecule has 4 heteroatoms. The van der Waals surface area contributed by atoms with Gasteiger partial charge in [0, 0.05) is 31.7 Å². The first-order valence-corrected chi connectivity index (χ1v) is 6.99. The van der Waals surface area contributed by atoms with Crippen molar-refractivity contribution in [2.75, 3.05) is 38.6 Å². The molecule has 1 fully saturated rings. The maximum atomic E-state index is 13.9. The van der Waals surface area contributed by atoms with Crippen LogP contribution in [-0.4, -0.2) is 50.7 Å². The van der Waals surface area contributed by atoms with Gasteiger partial charge in [0.1, 0.15) is 5.82 Å². The summed E-state index contributed by atoms with van der Waals surface area (Å²) in [6, 6.07) is 8.00. The minimum atomic E-state index is -0.122. The SMILES string of the molecule is CNCC1CN(c2ccccc2F)CCC(C)N1C. The van der Waals surface area contributed by atoms with Crippen LogP contribution in [-0.2, 0) is 0 Å². The third kappa shape index (κ3) is 3.25. The van der Waals surface area contributed by atoms with Gasteiger partial charge in [0.05, 0.1) is 5.69 Å². The summed E-state index contributed by atoms with van der Waals surface area (Å²) in [5.41, 5.74) is 0.728. The van der Waals surface area contributed by atoms with Crippen LogP contribution in [0.15, 0.2) is 24.3 Å². The Labute approximate surface area is 115 Å². The zero-order valence-electron chi connectivity index (χ0n) is 12.1. The van der Waals surface area contributed by atoms with Crippen molar-refractivity contribution < 1.29 is 4.39 Å². The van der Waals surface area contributed by atoms with Crippen LogP contribution in [0.4, 0.5) is 10.1 Å². The van der Waals surface area contributed by atoms with Crippen molar-refractivity contribution >= 4 is 5.69 Å². The Morgan fingerprint density at radius 3 is 2.79 bits per heavy atom. The predicted molar refractivity (Wildman–Crippen MR) is 78.2 cm³/mol. The lowest BCUT2D eigenvalue weighted by molar-refractivity contribution is 0.195. The lowest BCUT2D eigenvalue weighted by Crippen LogP contribution is -2.47. The summed E-state index contributed by atoms with van der Waals surface area (Å²) in [6.07, 6.45) is 1.06. The summed E-state index contributed by atoms with van der Waals surface area (Å²) < 4.78 is 13.9. The fraction of sp³-hybridized carbons (Fsp3) is 0.600. The number of likely N-dealkylation sites (N-methyl/N-ethyl adjacent to an activating group) is 2. The van der Waals surface area contributed by atoms with Crippen molar-refractivity contribution in [2.24, 2.45) is 0 Å². The molecule has 1 aromatic rings. The molecule has 19 heavy (non-hydrogen) atoms. The molecular formula is C15H24FN3. The van der Waals surface area contributed by atoms with E-state index in [0.29, 0.717) is 12.1 Å². The maximum Gasteiger partial charge on any atom is 0.146 e. The molecule has 2 unspecified atom stereocenters. The number of nitrogens with one attached hydrogen (secondary N) is 1. The normalized spacial score (nSPS) is 25.4. The van der Waals surface area contributed by atoms with E-state index < -0.39 is 0 Å². The first-order chi connectivity index (χ1) is 9.13. The van der Waals surface area contributed by atoms with Gasteiger partial charge in [-0.15, -0.1) is 0 Å². The Kier molecular flexibility index (Phi) is 4.77. The maximum absolute atomic E-state index is 13.9. The van der Waals surface area contributed by atoms with Crippen LogP contribution in [0.25, 0.3) is 0 Å². The highest BCUT2D eigenvalue weighted by Crippen LogP contribution is 2.23. The van der Waals surface area contributed by atoms with Crippen LogP contribution in [0.3, 0.4) is 0 Å². The molecule has 0 aromatic heterocycles. The molecule has 0 saturated carbocycles. The van der Waals surface area contributed by atoms with Gasteiger partial charge in [-0.05, 0) is 39.6 Å². The van der Waals surface area contributed by atoms with Crippen LogP contribution in [0.2, 0.25) is 0 Å². The van der Waals surface area contributed by atoms with Gasteiger partial charge in [-0.2, -0.15) is 0 Å². The third-order valence-electron chi connectivity index (χ3n) is 4.15. The van der Waals surface area contributed by atoms with Crippen LogP contribution >= 0.6 is 0 Å². The number of halogens is 1. The second kappa shape index (κ2) is 6.35. The molecule has 106 valence electrons. The summed E-state index contributed by atoms with van der Waals surface area (Å²) in [6.45, 7) is 4.94. The quantitative estimate of drug-likeness (QED) is 0.901. The van der Waals surface area contributed by atoms with Gasteiger partial charge >= 0.3 is 0 Å². The lowest BCUT2D eigenvalue weighted by atomic mass is 10.2. The van der Waals surface area contributed by atoms with Gasteiger partial charge in [-0.3, -0.25) is 4.90 Å². The largest absolute Gasteiger partial charge is 0.367 e. The van der Waals surface area contributed by atoms with E-state index in [4.69, 9.17) is 0 Å². The Balaban J connectivity index is 2.20. The standard InChI is InChI=1S/C15H24FN3/c1-12-8-9-19(11-13(10-17-2)18(12)3)15-7-5-4-6-14(15)16/h4-7,12-13,17H,8-11H2,1-3H3. The Bertz CT molecular complexity index is 410. The molecule has 1 saturated heterocycles. The van der Waals surface area contributed by atoms with Gasteiger partial charge < -0.3 is 10.2 Å². The smallest absolute Gasteiger partial charge is 0.146 e. The summed E-state index contributed by atoms with van der Waals surface area (Å²) in [4.78, 5) is 4.58. The molecule has 0 bridgehead atoms. The average Bonchev–Trinajstić information content (AvgIpc) is 2.54. The Morgan fingerprint density at radius 1 is 1.37 bits per heavy atom. The predicted octanol–water partition coefficient (Wildman–Crippen LogP) is 1.94. The van der Waals surface area contributed by atoms with E-state index in [2.05, 4.69) is 29.1 Å². The van der Waals surface area contributed by atoms with Crippen LogP contribution in [0.1, 0.15) is 13.3 Å². The molecule has 1 aromatic carbocycles. The van der Waals surface area contributed by atoms with Crippen LogP contribution < -0.4 is 10.2 Å². The number of hydrogen-bond donors (Lipinski definition) is 1. The van der Waals surface area contributed by atoms with Gasteiger partial charge in [0.2, 0.25) is 0 Å². The molecule has 1 aliphatic rings. The van der Waals surface area contributed by atoms with Crippen molar-refractivity contribution in [3.05, 3.63) is 30.1 Å². The van der Waals surface area contributed by atoms with Crippen molar-refractivity contribution in [1.29, 1.82) is 0 Å². The molecule has 0 amide bonds. The molecule has 0 aliphatic carbocycles. The zero-order valence-corrected chi connectivity index (χ0v) is 12.1. The topological polar surface area (TPSA) is 18.5 Å². The monoisotopic (exact) mass is 265 g/mol. The molecule has 3 nitrogen and oxygen atoms in total. The molecule has 0 spiro atoms. The molecule has 0 radical (unpaired) electrons. The number of para-hydroxylation sites is 1. The van der Waals surface area contributed by atoms with Gasteiger partial charge in [0.15, 0.2) is 0 Å². The highest BCUT2D eigenvalue weighted by Gasteiger charge is 2.27. The fourth-order valence-electron chi connectivity index (χ4n) is 2.75. The minimum Gasteiger partial charge on any atom is -0.367 e. The van der Waals surface area contributed by atoms with Crippen LogP contribution in [0.5, 0.6) is 0 Å². The van der Waals surface area contributed by atoms with Crippen molar-refractivity contribution in [3.63, 3.8) is 0 Å². The molecule has 2 rings (SSSR count). The van der Waals surface area contributed by atoms with E-state index in [-0.39, 0.29) is 5.82 Å². The molecular weight excluding hydrogens is 241 g/mol. The van der Waals surface area contributed by atoms with Crippen molar-refractivity contribution in [2.45, 2.75) is 25.4 Å². The highest BCUT2D eigenvalue weighted by atomic mass is 19.1. The molecule has 1 N–H and O–H groups in total.